The third-order valence-corrected chi connectivity index (χ3v) is 3.34. The first kappa shape index (κ1) is 12.8. The van der Waals surface area contributed by atoms with Crippen LogP contribution in [-0.2, 0) is 14.3 Å². The van der Waals surface area contributed by atoms with Crippen LogP contribution in [0.15, 0.2) is 0 Å². The SMILES string of the molecule is CCNC(=O)CCN1CCCC2(C1)OCCO2. The zero-order valence-electron chi connectivity index (χ0n) is 10.5. The number of hydrogen-bond donors (Lipinski definition) is 1. The fraction of sp³-hybridized carbons (Fsp3) is 0.917. The van der Waals surface area contributed by atoms with Gasteiger partial charge in [-0.3, -0.25) is 9.69 Å². The zero-order chi connectivity index (χ0) is 12.1. The Labute approximate surface area is 102 Å². The van der Waals surface area contributed by atoms with Crippen molar-refractivity contribution >= 4 is 5.91 Å². The van der Waals surface area contributed by atoms with Gasteiger partial charge >= 0.3 is 0 Å². The van der Waals surface area contributed by atoms with Gasteiger partial charge in [0.05, 0.1) is 19.8 Å². The number of amides is 1. The van der Waals surface area contributed by atoms with E-state index in [-0.39, 0.29) is 11.7 Å². The number of rotatable bonds is 4. The fourth-order valence-corrected chi connectivity index (χ4v) is 2.54. The molecule has 0 aromatic heterocycles. The van der Waals surface area contributed by atoms with Gasteiger partial charge in [-0.25, -0.2) is 0 Å². The summed E-state index contributed by atoms with van der Waals surface area (Å²) in [4.78, 5) is 13.7. The predicted octanol–water partition coefficient (Wildman–Crippen LogP) is 0.352. The van der Waals surface area contributed by atoms with Crippen molar-refractivity contribution in [2.75, 3.05) is 39.4 Å². The lowest BCUT2D eigenvalue weighted by atomic mass is 10.0. The van der Waals surface area contributed by atoms with Gasteiger partial charge in [0.1, 0.15) is 0 Å². The summed E-state index contributed by atoms with van der Waals surface area (Å²) < 4.78 is 11.4. The van der Waals surface area contributed by atoms with Gasteiger partial charge in [-0.2, -0.15) is 0 Å². The van der Waals surface area contributed by atoms with Crippen LogP contribution in [-0.4, -0.2) is 56.0 Å². The molecule has 0 bridgehead atoms. The molecule has 0 aromatic carbocycles. The zero-order valence-corrected chi connectivity index (χ0v) is 10.5. The van der Waals surface area contributed by atoms with Crippen molar-refractivity contribution in [3.63, 3.8) is 0 Å². The smallest absolute Gasteiger partial charge is 0.221 e. The van der Waals surface area contributed by atoms with Crippen LogP contribution in [0.25, 0.3) is 0 Å². The maximum absolute atomic E-state index is 11.4. The van der Waals surface area contributed by atoms with Crippen LogP contribution in [0.3, 0.4) is 0 Å². The fourth-order valence-electron chi connectivity index (χ4n) is 2.54. The van der Waals surface area contributed by atoms with Crippen molar-refractivity contribution in [1.29, 1.82) is 0 Å². The summed E-state index contributed by atoms with van der Waals surface area (Å²) in [7, 11) is 0. The minimum absolute atomic E-state index is 0.125. The van der Waals surface area contributed by atoms with Crippen LogP contribution < -0.4 is 5.32 Å². The first-order valence-electron chi connectivity index (χ1n) is 6.51. The number of nitrogens with one attached hydrogen (secondary N) is 1. The van der Waals surface area contributed by atoms with E-state index in [1.165, 1.54) is 0 Å². The Hall–Kier alpha value is -0.650. The van der Waals surface area contributed by atoms with Crippen molar-refractivity contribution < 1.29 is 14.3 Å². The molecule has 5 heteroatoms. The topological polar surface area (TPSA) is 50.8 Å². The van der Waals surface area contributed by atoms with Gasteiger partial charge in [-0.05, 0) is 19.9 Å². The number of likely N-dealkylation sites (tertiary alicyclic amines) is 1. The summed E-state index contributed by atoms with van der Waals surface area (Å²) in [6.07, 6.45) is 2.62. The second-order valence-electron chi connectivity index (χ2n) is 4.69. The molecule has 2 saturated heterocycles. The number of carbonyl (C=O) groups is 1. The summed E-state index contributed by atoms with van der Waals surface area (Å²) in [5.41, 5.74) is 0. The number of nitrogens with zero attached hydrogens (tertiary/aromatic N) is 1. The Bertz CT molecular complexity index is 264. The maximum Gasteiger partial charge on any atom is 0.221 e. The third kappa shape index (κ3) is 3.40. The molecule has 2 aliphatic heterocycles. The highest BCUT2D eigenvalue weighted by Crippen LogP contribution is 2.29. The van der Waals surface area contributed by atoms with Gasteiger partial charge in [-0.1, -0.05) is 0 Å². The van der Waals surface area contributed by atoms with Gasteiger partial charge in [0.15, 0.2) is 5.79 Å². The Morgan fingerprint density at radius 1 is 1.41 bits per heavy atom. The molecule has 17 heavy (non-hydrogen) atoms. The van der Waals surface area contributed by atoms with Crippen molar-refractivity contribution in [2.45, 2.75) is 32.0 Å². The van der Waals surface area contributed by atoms with Gasteiger partial charge in [-0.15, -0.1) is 0 Å². The summed E-state index contributed by atoms with van der Waals surface area (Å²) in [5, 5.41) is 2.82. The standard InChI is InChI=1S/C12H22N2O3/c1-2-13-11(15)4-7-14-6-3-5-12(10-14)16-8-9-17-12/h2-10H2,1H3,(H,13,15). The normalized spacial score (nSPS) is 24.1. The first-order chi connectivity index (χ1) is 8.24. The van der Waals surface area contributed by atoms with Gasteiger partial charge < -0.3 is 14.8 Å². The summed E-state index contributed by atoms with van der Waals surface area (Å²) in [5.74, 6) is -0.250. The van der Waals surface area contributed by atoms with Gasteiger partial charge in [0.25, 0.3) is 0 Å². The minimum atomic E-state index is -0.376. The Balaban J connectivity index is 1.75. The van der Waals surface area contributed by atoms with Gasteiger partial charge in [0.2, 0.25) is 5.91 Å². The highest BCUT2D eigenvalue weighted by Gasteiger charge is 2.40. The third-order valence-electron chi connectivity index (χ3n) is 3.34. The molecule has 2 rings (SSSR count). The summed E-state index contributed by atoms with van der Waals surface area (Å²) in [6.45, 7) is 6.66. The number of carbonyl (C=O) groups excluding carboxylic acids is 1. The quantitative estimate of drug-likeness (QED) is 0.773. The lowest BCUT2D eigenvalue weighted by Crippen LogP contribution is -2.49. The van der Waals surface area contributed by atoms with Crippen molar-refractivity contribution in [3.05, 3.63) is 0 Å². The van der Waals surface area contributed by atoms with Crippen molar-refractivity contribution in [2.24, 2.45) is 0 Å². The van der Waals surface area contributed by atoms with Crippen molar-refractivity contribution in [3.8, 4) is 0 Å². The van der Waals surface area contributed by atoms with E-state index in [0.29, 0.717) is 26.2 Å². The summed E-state index contributed by atoms with van der Waals surface area (Å²) >= 11 is 0. The summed E-state index contributed by atoms with van der Waals surface area (Å²) in [6, 6.07) is 0. The molecule has 0 atom stereocenters. The molecule has 1 spiro atoms. The van der Waals surface area contributed by atoms with Crippen LogP contribution in [0.5, 0.6) is 0 Å². The number of piperidine rings is 1. The van der Waals surface area contributed by atoms with E-state index in [4.69, 9.17) is 9.47 Å². The molecule has 0 aliphatic carbocycles. The second-order valence-corrected chi connectivity index (χ2v) is 4.69. The van der Waals surface area contributed by atoms with E-state index < -0.39 is 0 Å². The van der Waals surface area contributed by atoms with Crippen molar-refractivity contribution in [1.82, 2.24) is 10.2 Å². The Morgan fingerprint density at radius 3 is 2.88 bits per heavy atom. The molecule has 98 valence electrons. The highest BCUT2D eigenvalue weighted by molar-refractivity contribution is 5.75. The number of ether oxygens (including phenoxy) is 2. The minimum Gasteiger partial charge on any atom is -0.356 e. The number of hydrogen-bond acceptors (Lipinski definition) is 4. The molecular weight excluding hydrogens is 220 g/mol. The maximum atomic E-state index is 11.4. The molecule has 1 amide bonds. The van der Waals surface area contributed by atoms with E-state index >= 15 is 0 Å². The van der Waals surface area contributed by atoms with E-state index in [0.717, 1.165) is 32.5 Å². The average molecular weight is 242 g/mol. The lowest BCUT2D eigenvalue weighted by molar-refractivity contribution is -0.189. The second kappa shape index (κ2) is 5.80. The lowest BCUT2D eigenvalue weighted by Gasteiger charge is -2.38. The molecule has 5 nitrogen and oxygen atoms in total. The first-order valence-corrected chi connectivity index (χ1v) is 6.51. The molecular formula is C12H22N2O3. The van der Waals surface area contributed by atoms with E-state index in [9.17, 15) is 4.79 Å². The largest absolute Gasteiger partial charge is 0.356 e. The molecule has 0 aromatic rings. The molecule has 0 saturated carbocycles. The molecule has 2 heterocycles. The van der Waals surface area contributed by atoms with E-state index in [1.807, 2.05) is 6.92 Å². The van der Waals surface area contributed by atoms with E-state index in [2.05, 4.69) is 10.2 Å². The Kier molecular flexibility index (Phi) is 4.36. The predicted molar refractivity (Wildman–Crippen MR) is 63.6 cm³/mol. The monoisotopic (exact) mass is 242 g/mol. The highest BCUT2D eigenvalue weighted by atomic mass is 16.7. The molecule has 0 unspecified atom stereocenters. The van der Waals surface area contributed by atoms with Crippen LogP contribution in [0.1, 0.15) is 26.2 Å². The van der Waals surface area contributed by atoms with Crippen LogP contribution in [0.4, 0.5) is 0 Å². The molecule has 1 N–H and O–H groups in total. The van der Waals surface area contributed by atoms with Crippen LogP contribution in [0.2, 0.25) is 0 Å². The Morgan fingerprint density at radius 2 is 2.18 bits per heavy atom. The average Bonchev–Trinajstić information content (AvgIpc) is 2.75. The van der Waals surface area contributed by atoms with Gasteiger partial charge in [0, 0.05) is 25.9 Å². The van der Waals surface area contributed by atoms with Crippen LogP contribution >= 0.6 is 0 Å². The van der Waals surface area contributed by atoms with Crippen LogP contribution in [0, 0.1) is 0 Å². The van der Waals surface area contributed by atoms with E-state index in [1.54, 1.807) is 0 Å². The molecule has 2 aliphatic rings. The molecule has 2 fully saturated rings. The molecule has 0 radical (unpaired) electrons.